The van der Waals surface area contributed by atoms with Gasteiger partial charge in [-0.3, -0.25) is 9.59 Å². The molecule has 1 saturated heterocycles. The van der Waals surface area contributed by atoms with Gasteiger partial charge in [0, 0.05) is 0 Å². The number of ether oxygens (including phenoxy) is 2. The van der Waals surface area contributed by atoms with Crippen LogP contribution >= 0.6 is 0 Å². The molecule has 414 valence electrons. The van der Waals surface area contributed by atoms with Crippen molar-refractivity contribution in [3.8, 4) is 0 Å². The Morgan fingerprint density at radius 3 is 0.886 bits per heavy atom. The Bertz CT molecular complexity index is 1100. The average Bonchev–Trinajstić information content (AvgIpc) is 3.43. The molecule has 0 radical (unpaired) electrons. The zero-order valence-corrected chi connectivity index (χ0v) is 47.1. The van der Waals surface area contributed by atoms with E-state index in [4.69, 9.17) is 9.47 Å². The lowest BCUT2D eigenvalue weighted by Gasteiger charge is -2.27. The van der Waals surface area contributed by atoms with Gasteiger partial charge in [-0.05, 0) is 32.1 Å². The zero-order valence-electron chi connectivity index (χ0n) is 47.1. The fraction of sp³-hybridized carbons (Fsp3) is 0.938. The second-order valence-corrected chi connectivity index (χ2v) is 22.8. The van der Waals surface area contributed by atoms with Gasteiger partial charge in [0.05, 0.1) is 31.0 Å². The smallest absolute Gasteiger partial charge is 0.309 e. The van der Waals surface area contributed by atoms with Gasteiger partial charge in [-0.25, -0.2) is 0 Å². The molecule has 0 aliphatic carbocycles. The molecule has 1 aliphatic heterocycles. The van der Waals surface area contributed by atoms with E-state index < -0.39 is 36.5 Å². The SMILES string of the molecule is CCCCCCCCCCCCCCCCCCCCCCCC/C=C/CCCCCCCCCCCCCCCCCCCCCCCCCCCCCC1CC(=O)OCC(CO)(CO)COC1=O. The summed E-state index contributed by atoms with van der Waals surface area (Å²) in [6.45, 7) is 1.21. The van der Waals surface area contributed by atoms with Gasteiger partial charge in [0.25, 0.3) is 0 Å². The number of esters is 2. The van der Waals surface area contributed by atoms with Crippen molar-refractivity contribution in [2.75, 3.05) is 26.4 Å². The van der Waals surface area contributed by atoms with Crippen LogP contribution in [-0.2, 0) is 19.1 Å². The minimum Gasteiger partial charge on any atom is -0.465 e. The number of cyclic esters (lactones) is 2. The highest BCUT2D eigenvalue weighted by atomic mass is 16.6. The van der Waals surface area contributed by atoms with Crippen molar-refractivity contribution in [3.63, 3.8) is 0 Å². The molecule has 2 N–H and O–H groups in total. The van der Waals surface area contributed by atoms with Crippen molar-refractivity contribution in [1.82, 2.24) is 0 Å². The third kappa shape index (κ3) is 45.2. The van der Waals surface area contributed by atoms with Crippen LogP contribution in [0.3, 0.4) is 0 Å². The van der Waals surface area contributed by atoms with E-state index in [2.05, 4.69) is 19.1 Å². The first-order valence-corrected chi connectivity index (χ1v) is 31.8. The van der Waals surface area contributed by atoms with Gasteiger partial charge in [-0.1, -0.05) is 321 Å². The number of allylic oxidation sites excluding steroid dienone is 2. The molecule has 1 atom stereocenters. The summed E-state index contributed by atoms with van der Waals surface area (Å²) in [7, 11) is 0. The lowest BCUT2D eigenvalue weighted by molar-refractivity contribution is -0.155. The number of hydrogen-bond acceptors (Lipinski definition) is 6. The fourth-order valence-electron chi connectivity index (χ4n) is 10.6. The number of aliphatic hydroxyl groups excluding tert-OH is 2. The minimum absolute atomic E-state index is 0.00462. The predicted molar refractivity (Wildman–Crippen MR) is 302 cm³/mol. The normalized spacial score (nSPS) is 15.3. The lowest BCUT2D eigenvalue weighted by atomic mass is 9.92. The van der Waals surface area contributed by atoms with E-state index in [9.17, 15) is 19.8 Å². The van der Waals surface area contributed by atoms with Crippen molar-refractivity contribution < 1.29 is 29.3 Å². The Balaban J connectivity index is 1.68. The van der Waals surface area contributed by atoms with E-state index in [-0.39, 0.29) is 19.6 Å². The fourth-order valence-corrected chi connectivity index (χ4v) is 10.6. The third-order valence-corrected chi connectivity index (χ3v) is 15.8. The molecule has 0 saturated carbocycles. The van der Waals surface area contributed by atoms with Gasteiger partial charge in [0.2, 0.25) is 0 Å². The first-order valence-electron chi connectivity index (χ1n) is 31.8. The summed E-state index contributed by atoms with van der Waals surface area (Å²) in [5, 5.41) is 19.2. The summed E-state index contributed by atoms with van der Waals surface area (Å²) >= 11 is 0. The molecular formula is C64H122O6. The number of unbranched alkanes of at least 4 members (excludes halogenated alkanes) is 49. The Morgan fingerprint density at radius 1 is 0.371 bits per heavy atom. The Morgan fingerprint density at radius 2 is 0.614 bits per heavy atom. The van der Waals surface area contributed by atoms with E-state index >= 15 is 0 Å². The minimum atomic E-state index is -1.12. The molecule has 0 bridgehead atoms. The van der Waals surface area contributed by atoms with E-state index in [1.165, 1.54) is 308 Å². The van der Waals surface area contributed by atoms with Crippen molar-refractivity contribution in [1.29, 1.82) is 0 Å². The van der Waals surface area contributed by atoms with Crippen LogP contribution in [0.5, 0.6) is 0 Å². The van der Waals surface area contributed by atoms with E-state index in [0.29, 0.717) is 6.42 Å². The number of aliphatic hydroxyl groups is 2. The number of hydrogen-bond donors (Lipinski definition) is 2. The molecular weight excluding hydrogens is 865 g/mol. The summed E-state index contributed by atoms with van der Waals surface area (Å²) in [5.41, 5.74) is -1.12. The van der Waals surface area contributed by atoms with Crippen LogP contribution in [-0.4, -0.2) is 48.6 Å². The lowest BCUT2D eigenvalue weighted by Crippen LogP contribution is -2.40. The maximum absolute atomic E-state index is 12.5. The van der Waals surface area contributed by atoms with Crippen molar-refractivity contribution in [2.45, 2.75) is 347 Å². The van der Waals surface area contributed by atoms with Crippen LogP contribution in [0.15, 0.2) is 12.2 Å². The largest absolute Gasteiger partial charge is 0.465 e. The Kier molecular flexibility index (Phi) is 51.3. The Labute approximate surface area is 436 Å². The molecule has 0 amide bonds. The average molecular weight is 988 g/mol. The monoisotopic (exact) mass is 987 g/mol. The molecule has 70 heavy (non-hydrogen) atoms. The molecule has 6 nitrogen and oxygen atoms in total. The van der Waals surface area contributed by atoms with Gasteiger partial charge < -0.3 is 19.7 Å². The molecule has 1 aliphatic rings. The van der Waals surface area contributed by atoms with Crippen LogP contribution in [0.1, 0.15) is 347 Å². The maximum atomic E-state index is 12.5. The quantitative estimate of drug-likeness (QED) is 0.0358. The maximum Gasteiger partial charge on any atom is 0.309 e. The topological polar surface area (TPSA) is 93.1 Å². The molecule has 6 heteroatoms. The van der Waals surface area contributed by atoms with Crippen LogP contribution in [0.25, 0.3) is 0 Å². The zero-order chi connectivity index (χ0) is 50.4. The first kappa shape index (κ1) is 66.6. The summed E-state index contributed by atoms with van der Waals surface area (Å²) in [6.07, 6.45) is 77.2. The van der Waals surface area contributed by atoms with Gasteiger partial charge in [-0.2, -0.15) is 0 Å². The molecule has 1 fully saturated rings. The summed E-state index contributed by atoms with van der Waals surface area (Å²) < 4.78 is 10.6. The van der Waals surface area contributed by atoms with Crippen molar-refractivity contribution in [3.05, 3.63) is 12.2 Å². The molecule has 1 rings (SSSR count). The van der Waals surface area contributed by atoms with Crippen LogP contribution in [0.2, 0.25) is 0 Å². The second-order valence-electron chi connectivity index (χ2n) is 22.8. The van der Waals surface area contributed by atoms with Gasteiger partial charge in [-0.15, -0.1) is 0 Å². The summed E-state index contributed by atoms with van der Waals surface area (Å²) in [4.78, 5) is 24.7. The van der Waals surface area contributed by atoms with Gasteiger partial charge in [0.15, 0.2) is 0 Å². The molecule has 1 heterocycles. The number of rotatable bonds is 55. The van der Waals surface area contributed by atoms with E-state index in [1.807, 2.05) is 0 Å². The third-order valence-electron chi connectivity index (χ3n) is 15.8. The molecule has 0 aromatic carbocycles. The highest BCUT2D eigenvalue weighted by Gasteiger charge is 2.36. The first-order chi connectivity index (χ1) is 34.6. The predicted octanol–water partition coefficient (Wildman–Crippen LogP) is 19.9. The molecule has 1 unspecified atom stereocenters. The van der Waals surface area contributed by atoms with Gasteiger partial charge in [0.1, 0.15) is 13.2 Å². The van der Waals surface area contributed by atoms with Crippen molar-refractivity contribution >= 4 is 11.9 Å². The molecule has 0 aromatic rings. The highest BCUT2D eigenvalue weighted by molar-refractivity contribution is 5.80. The summed E-state index contributed by atoms with van der Waals surface area (Å²) in [6, 6.07) is 0. The van der Waals surface area contributed by atoms with Crippen LogP contribution < -0.4 is 0 Å². The Hall–Kier alpha value is -1.40. The van der Waals surface area contributed by atoms with Gasteiger partial charge >= 0.3 is 11.9 Å². The van der Waals surface area contributed by atoms with Crippen LogP contribution in [0, 0.1) is 11.3 Å². The van der Waals surface area contributed by atoms with Crippen molar-refractivity contribution in [2.24, 2.45) is 11.3 Å². The van der Waals surface area contributed by atoms with Crippen LogP contribution in [0.4, 0.5) is 0 Å². The number of carbonyl (C=O) groups is 2. The second kappa shape index (κ2) is 53.9. The molecule has 0 aromatic heterocycles. The van der Waals surface area contributed by atoms with E-state index in [0.717, 1.165) is 19.3 Å². The number of carbonyl (C=O) groups excluding carboxylic acids is 2. The standard InChI is InChI=1S/C64H122O6/c1-2-3-4-5-6-7-8-9-10-11-12-13-14-15-16-17-18-19-20-21-22-23-24-25-26-27-28-29-30-31-32-33-34-35-36-37-38-39-40-41-42-43-44-45-46-47-48-49-50-51-52-53-54-55-61-56-62(67)69-59-64(57-65,58-66)60-70-63(61)68/h25-26,61,65-66H,2-24,27-60H2,1H3/b26-25+. The molecule has 0 spiro atoms. The summed E-state index contributed by atoms with van der Waals surface area (Å²) in [5.74, 6) is -1.40. The highest BCUT2D eigenvalue weighted by Crippen LogP contribution is 2.25. The van der Waals surface area contributed by atoms with E-state index in [1.54, 1.807) is 0 Å².